The van der Waals surface area contributed by atoms with E-state index in [1.165, 1.54) is 12.7 Å². The van der Waals surface area contributed by atoms with Gasteiger partial charge in [-0.15, -0.1) is 0 Å². The summed E-state index contributed by atoms with van der Waals surface area (Å²) >= 11 is 0. The molecule has 3 rings (SSSR count). The number of anilines is 1. The number of ether oxygens (including phenoxy) is 1. The number of esters is 1. The molecule has 0 atom stereocenters. The number of benzene rings is 2. The molecule has 0 bridgehead atoms. The van der Waals surface area contributed by atoms with E-state index < -0.39 is 0 Å². The highest BCUT2D eigenvalue weighted by Gasteiger charge is 2.17. The number of nitrogens with zero attached hydrogens (tertiary/aromatic N) is 2. The van der Waals surface area contributed by atoms with Crippen molar-refractivity contribution in [3.05, 3.63) is 65.2 Å². The Balaban J connectivity index is 1.53. The first kappa shape index (κ1) is 18.1. The summed E-state index contributed by atoms with van der Waals surface area (Å²) in [5.74, 6) is -0.208. The van der Waals surface area contributed by atoms with Gasteiger partial charge in [-0.3, -0.25) is 9.69 Å². The molecule has 0 saturated carbocycles. The zero-order valence-electron chi connectivity index (χ0n) is 15.3. The van der Waals surface area contributed by atoms with Crippen LogP contribution in [-0.2, 0) is 11.3 Å². The second-order valence-corrected chi connectivity index (χ2v) is 6.55. The Labute approximate surface area is 154 Å². The highest BCUT2D eigenvalue weighted by atomic mass is 16.5. The van der Waals surface area contributed by atoms with Crippen molar-refractivity contribution < 1.29 is 14.3 Å². The third-order valence-electron chi connectivity index (χ3n) is 4.79. The average molecular weight is 352 g/mol. The van der Waals surface area contributed by atoms with Gasteiger partial charge in [0.05, 0.1) is 12.7 Å². The van der Waals surface area contributed by atoms with Gasteiger partial charge in [-0.1, -0.05) is 12.1 Å². The smallest absolute Gasteiger partial charge is 0.337 e. The number of rotatable bonds is 5. The van der Waals surface area contributed by atoms with Gasteiger partial charge in [0.2, 0.25) is 0 Å². The number of carbonyl (C=O) groups excluding carboxylic acids is 2. The third kappa shape index (κ3) is 4.29. The Kier molecular flexibility index (Phi) is 5.68. The summed E-state index contributed by atoms with van der Waals surface area (Å²) in [5.41, 5.74) is 3.69. The normalized spacial score (nSPS) is 14.9. The molecule has 5 nitrogen and oxygen atoms in total. The van der Waals surface area contributed by atoms with Crippen molar-refractivity contribution in [2.45, 2.75) is 13.5 Å². The van der Waals surface area contributed by atoms with Crippen LogP contribution < -0.4 is 4.90 Å². The SMILES string of the molecule is COC(=O)c1ccc(CN2CCN(c3ccc(C(C)=O)cc3)CC2)cc1. The molecule has 1 saturated heterocycles. The fraction of sp³-hybridized carbons (Fsp3) is 0.333. The second-order valence-electron chi connectivity index (χ2n) is 6.55. The van der Waals surface area contributed by atoms with Gasteiger partial charge in [-0.05, 0) is 48.9 Å². The number of carbonyl (C=O) groups is 2. The Bertz CT molecular complexity index is 761. The van der Waals surface area contributed by atoms with Crippen LogP contribution >= 0.6 is 0 Å². The van der Waals surface area contributed by atoms with Crippen LogP contribution in [-0.4, -0.2) is 49.9 Å². The van der Waals surface area contributed by atoms with Crippen LogP contribution in [0.15, 0.2) is 48.5 Å². The minimum absolute atomic E-state index is 0.0968. The molecule has 1 fully saturated rings. The molecule has 1 aliphatic heterocycles. The standard InChI is InChI=1S/C21H24N2O3/c1-16(24)18-7-9-20(10-8-18)23-13-11-22(12-14-23)15-17-3-5-19(6-4-17)21(25)26-2/h3-10H,11-15H2,1-2H3. The molecule has 0 radical (unpaired) electrons. The first-order valence-corrected chi connectivity index (χ1v) is 8.82. The van der Waals surface area contributed by atoms with Crippen molar-refractivity contribution in [1.82, 2.24) is 4.90 Å². The summed E-state index contributed by atoms with van der Waals surface area (Å²) in [6, 6.07) is 15.4. The van der Waals surface area contributed by atoms with E-state index >= 15 is 0 Å². The van der Waals surface area contributed by atoms with Gasteiger partial charge < -0.3 is 9.64 Å². The molecular weight excluding hydrogens is 328 g/mol. The van der Waals surface area contributed by atoms with E-state index in [1.807, 2.05) is 48.5 Å². The molecule has 0 aliphatic carbocycles. The first-order valence-electron chi connectivity index (χ1n) is 8.82. The minimum Gasteiger partial charge on any atom is -0.465 e. The van der Waals surface area contributed by atoms with Gasteiger partial charge in [0, 0.05) is 44.0 Å². The molecule has 136 valence electrons. The number of methoxy groups -OCH3 is 1. The lowest BCUT2D eigenvalue weighted by atomic mass is 10.1. The number of hydrogen-bond acceptors (Lipinski definition) is 5. The lowest BCUT2D eigenvalue weighted by Crippen LogP contribution is -2.45. The van der Waals surface area contributed by atoms with Gasteiger partial charge in [-0.2, -0.15) is 0 Å². The maximum Gasteiger partial charge on any atom is 0.337 e. The van der Waals surface area contributed by atoms with E-state index in [-0.39, 0.29) is 11.8 Å². The Morgan fingerprint density at radius 2 is 1.46 bits per heavy atom. The van der Waals surface area contributed by atoms with E-state index in [1.54, 1.807) is 6.92 Å². The summed E-state index contributed by atoms with van der Waals surface area (Å²) in [6.45, 7) is 6.34. The van der Waals surface area contributed by atoms with Gasteiger partial charge in [0.15, 0.2) is 5.78 Å². The predicted molar refractivity (Wildman–Crippen MR) is 102 cm³/mol. The number of ketones is 1. The fourth-order valence-electron chi connectivity index (χ4n) is 3.19. The fourth-order valence-corrected chi connectivity index (χ4v) is 3.19. The molecule has 0 aromatic heterocycles. The van der Waals surface area contributed by atoms with Gasteiger partial charge in [0.1, 0.15) is 0 Å². The number of hydrogen-bond donors (Lipinski definition) is 0. The van der Waals surface area contributed by atoms with Crippen LogP contribution in [0.2, 0.25) is 0 Å². The topological polar surface area (TPSA) is 49.9 Å². The average Bonchev–Trinajstić information content (AvgIpc) is 2.68. The van der Waals surface area contributed by atoms with Crippen molar-refractivity contribution >= 4 is 17.4 Å². The number of Topliss-reactive ketones (excluding diaryl/α,β-unsaturated/α-hetero) is 1. The van der Waals surface area contributed by atoms with Crippen LogP contribution in [0.4, 0.5) is 5.69 Å². The Morgan fingerprint density at radius 3 is 2.00 bits per heavy atom. The lowest BCUT2D eigenvalue weighted by molar-refractivity contribution is 0.0600. The molecule has 0 spiro atoms. The zero-order chi connectivity index (χ0) is 18.5. The van der Waals surface area contributed by atoms with Crippen molar-refractivity contribution in [2.75, 3.05) is 38.2 Å². The van der Waals surface area contributed by atoms with E-state index in [2.05, 4.69) is 9.80 Å². The Hall–Kier alpha value is -2.66. The van der Waals surface area contributed by atoms with Crippen molar-refractivity contribution in [3.63, 3.8) is 0 Å². The van der Waals surface area contributed by atoms with E-state index in [0.717, 1.165) is 44.0 Å². The quantitative estimate of drug-likeness (QED) is 0.612. The highest BCUT2D eigenvalue weighted by Crippen LogP contribution is 2.18. The van der Waals surface area contributed by atoms with Crippen LogP contribution in [0.3, 0.4) is 0 Å². The van der Waals surface area contributed by atoms with E-state index in [4.69, 9.17) is 4.74 Å². The van der Waals surface area contributed by atoms with Crippen LogP contribution in [0.5, 0.6) is 0 Å². The van der Waals surface area contributed by atoms with Gasteiger partial charge >= 0.3 is 5.97 Å². The maximum absolute atomic E-state index is 11.5. The summed E-state index contributed by atoms with van der Waals surface area (Å²) in [6.07, 6.45) is 0. The van der Waals surface area contributed by atoms with Crippen molar-refractivity contribution in [3.8, 4) is 0 Å². The molecule has 2 aromatic rings. The molecule has 5 heteroatoms. The largest absolute Gasteiger partial charge is 0.465 e. The molecule has 0 amide bonds. The molecule has 2 aromatic carbocycles. The summed E-state index contributed by atoms with van der Waals surface area (Å²) in [7, 11) is 1.39. The molecule has 0 N–H and O–H groups in total. The van der Waals surface area contributed by atoms with E-state index in [0.29, 0.717) is 5.56 Å². The molecule has 1 heterocycles. The van der Waals surface area contributed by atoms with E-state index in [9.17, 15) is 9.59 Å². The Morgan fingerprint density at radius 1 is 0.885 bits per heavy atom. The number of piperazine rings is 1. The lowest BCUT2D eigenvalue weighted by Gasteiger charge is -2.36. The molecular formula is C21H24N2O3. The van der Waals surface area contributed by atoms with Crippen LogP contribution in [0, 0.1) is 0 Å². The van der Waals surface area contributed by atoms with Crippen molar-refractivity contribution in [1.29, 1.82) is 0 Å². The first-order chi connectivity index (χ1) is 12.6. The van der Waals surface area contributed by atoms with Crippen LogP contribution in [0.1, 0.15) is 33.2 Å². The highest BCUT2D eigenvalue weighted by molar-refractivity contribution is 5.94. The second kappa shape index (κ2) is 8.15. The molecule has 1 aliphatic rings. The monoisotopic (exact) mass is 352 g/mol. The zero-order valence-corrected chi connectivity index (χ0v) is 15.3. The maximum atomic E-state index is 11.5. The van der Waals surface area contributed by atoms with Gasteiger partial charge in [-0.25, -0.2) is 4.79 Å². The van der Waals surface area contributed by atoms with Crippen LogP contribution in [0.25, 0.3) is 0 Å². The molecule has 26 heavy (non-hydrogen) atoms. The predicted octanol–water partition coefficient (Wildman–Crippen LogP) is 3.00. The third-order valence-corrected chi connectivity index (χ3v) is 4.79. The summed E-state index contributed by atoms with van der Waals surface area (Å²) in [4.78, 5) is 27.6. The summed E-state index contributed by atoms with van der Waals surface area (Å²) in [5, 5.41) is 0. The minimum atomic E-state index is -0.305. The van der Waals surface area contributed by atoms with Gasteiger partial charge in [0.25, 0.3) is 0 Å². The molecule has 0 unspecified atom stereocenters. The summed E-state index contributed by atoms with van der Waals surface area (Å²) < 4.78 is 4.73. The van der Waals surface area contributed by atoms with Crippen molar-refractivity contribution in [2.24, 2.45) is 0 Å².